The van der Waals surface area contributed by atoms with Crippen molar-refractivity contribution >= 4 is 17.4 Å². The number of hydrogen-bond donors (Lipinski definition) is 1. The molecule has 1 N–H and O–H groups in total. The van der Waals surface area contributed by atoms with Crippen molar-refractivity contribution in [2.45, 2.75) is 40.2 Å². The summed E-state index contributed by atoms with van der Waals surface area (Å²) in [6.45, 7) is 11.1. The van der Waals surface area contributed by atoms with Crippen LogP contribution in [0.25, 0.3) is 0 Å². The normalized spacial score (nSPS) is 11.6. The number of nitrogens with zero attached hydrogens (tertiary/aromatic N) is 2. The second kappa shape index (κ2) is 5.65. The van der Waals surface area contributed by atoms with E-state index in [2.05, 4.69) is 15.3 Å². The van der Waals surface area contributed by atoms with E-state index in [9.17, 15) is 0 Å². The molecule has 5 heteroatoms. The molecule has 0 saturated carbocycles. The van der Waals surface area contributed by atoms with Crippen molar-refractivity contribution in [3.63, 3.8) is 0 Å². The Morgan fingerprint density at radius 1 is 1.24 bits per heavy atom. The van der Waals surface area contributed by atoms with E-state index in [0.717, 1.165) is 11.4 Å². The third kappa shape index (κ3) is 4.13. The number of hydrogen-bond acceptors (Lipinski definition) is 4. The van der Waals surface area contributed by atoms with Gasteiger partial charge in [0.25, 0.3) is 0 Å². The molecule has 0 aromatic carbocycles. The maximum absolute atomic E-state index is 6.03. The van der Waals surface area contributed by atoms with E-state index in [-0.39, 0.29) is 5.60 Å². The van der Waals surface area contributed by atoms with E-state index in [1.54, 1.807) is 0 Å². The van der Waals surface area contributed by atoms with Crippen molar-refractivity contribution in [3.05, 3.63) is 16.5 Å². The number of aromatic nitrogens is 2. The van der Waals surface area contributed by atoms with Gasteiger partial charge in [-0.15, -0.1) is 0 Å². The van der Waals surface area contributed by atoms with Gasteiger partial charge in [0, 0.05) is 13.2 Å². The average molecular weight is 258 g/mol. The minimum Gasteiger partial charge on any atom is -0.374 e. The highest BCUT2D eigenvalue weighted by molar-refractivity contribution is 6.31. The zero-order valence-electron chi connectivity index (χ0n) is 11.1. The number of nitrogens with one attached hydrogen (secondary N) is 1. The molecule has 1 aromatic rings. The van der Waals surface area contributed by atoms with Gasteiger partial charge in [-0.1, -0.05) is 11.6 Å². The van der Waals surface area contributed by atoms with Gasteiger partial charge in [0.15, 0.2) is 11.0 Å². The first-order chi connectivity index (χ1) is 7.85. The molecule has 1 heterocycles. The summed E-state index contributed by atoms with van der Waals surface area (Å²) in [4.78, 5) is 8.59. The van der Waals surface area contributed by atoms with Crippen LogP contribution in [0.1, 0.15) is 32.2 Å². The van der Waals surface area contributed by atoms with E-state index < -0.39 is 0 Å². The first kappa shape index (κ1) is 14.2. The van der Waals surface area contributed by atoms with Gasteiger partial charge in [0.2, 0.25) is 0 Å². The Morgan fingerprint density at radius 2 is 1.82 bits per heavy atom. The fourth-order valence-electron chi connectivity index (χ4n) is 1.43. The molecule has 96 valence electrons. The highest BCUT2D eigenvalue weighted by Crippen LogP contribution is 2.19. The molecule has 1 rings (SSSR count). The number of rotatable bonds is 5. The lowest BCUT2D eigenvalue weighted by atomic mass is 10.1. The molecule has 0 fully saturated rings. The van der Waals surface area contributed by atoms with Gasteiger partial charge in [0.1, 0.15) is 0 Å². The van der Waals surface area contributed by atoms with Crippen LogP contribution in [0.5, 0.6) is 0 Å². The second-order valence-electron chi connectivity index (χ2n) is 4.58. The van der Waals surface area contributed by atoms with Crippen molar-refractivity contribution in [1.29, 1.82) is 0 Å². The smallest absolute Gasteiger partial charge is 0.171 e. The van der Waals surface area contributed by atoms with Crippen molar-refractivity contribution in [2.75, 3.05) is 18.5 Å². The van der Waals surface area contributed by atoms with E-state index in [4.69, 9.17) is 16.3 Å². The molecular weight excluding hydrogens is 238 g/mol. The van der Waals surface area contributed by atoms with Crippen molar-refractivity contribution in [2.24, 2.45) is 0 Å². The lowest BCUT2D eigenvalue weighted by Crippen LogP contribution is -2.33. The Kier molecular flexibility index (Phi) is 4.71. The van der Waals surface area contributed by atoms with Crippen molar-refractivity contribution < 1.29 is 4.74 Å². The van der Waals surface area contributed by atoms with Crippen LogP contribution in [0, 0.1) is 13.8 Å². The van der Waals surface area contributed by atoms with E-state index >= 15 is 0 Å². The summed E-state index contributed by atoms with van der Waals surface area (Å²) in [6.07, 6.45) is 0. The van der Waals surface area contributed by atoms with Gasteiger partial charge in [-0.3, -0.25) is 0 Å². The molecule has 0 saturated heterocycles. The van der Waals surface area contributed by atoms with Crippen LogP contribution in [-0.4, -0.2) is 28.7 Å². The van der Waals surface area contributed by atoms with Gasteiger partial charge in [-0.2, -0.15) is 0 Å². The van der Waals surface area contributed by atoms with Gasteiger partial charge in [-0.25, -0.2) is 9.97 Å². The van der Waals surface area contributed by atoms with Gasteiger partial charge in [-0.05, 0) is 34.6 Å². The zero-order chi connectivity index (χ0) is 13.1. The van der Waals surface area contributed by atoms with Crippen LogP contribution in [0.3, 0.4) is 0 Å². The maximum atomic E-state index is 6.03. The number of halogens is 1. The predicted molar refractivity (Wildman–Crippen MR) is 70.7 cm³/mol. The molecular formula is C12H20ClN3O. The predicted octanol–water partition coefficient (Wildman–Crippen LogP) is 2.97. The standard InChI is InChI=1S/C12H20ClN3O/c1-6-17-12(4,5)7-14-11-10(13)15-8(2)9(3)16-11/h6-7H2,1-5H3,(H,14,16). The Bertz CT molecular complexity index is 394. The summed E-state index contributed by atoms with van der Waals surface area (Å²) >= 11 is 6.03. The fraction of sp³-hybridized carbons (Fsp3) is 0.667. The molecule has 17 heavy (non-hydrogen) atoms. The molecule has 0 bridgehead atoms. The quantitative estimate of drug-likeness (QED) is 0.881. The summed E-state index contributed by atoms with van der Waals surface area (Å²) in [5, 5.41) is 3.58. The van der Waals surface area contributed by atoms with E-state index in [0.29, 0.717) is 24.1 Å². The molecule has 0 radical (unpaired) electrons. The van der Waals surface area contributed by atoms with Crippen molar-refractivity contribution in [1.82, 2.24) is 9.97 Å². The van der Waals surface area contributed by atoms with Gasteiger partial charge >= 0.3 is 0 Å². The van der Waals surface area contributed by atoms with Gasteiger partial charge < -0.3 is 10.1 Å². The molecule has 0 spiro atoms. The minimum atomic E-state index is -0.251. The molecule has 0 atom stereocenters. The highest BCUT2D eigenvalue weighted by Gasteiger charge is 2.18. The van der Waals surface area contributed by atoms with Crippen LogP contribution in [0.2, 0.25) is 5.15 Å². The summed E-state index contributed by atoms with van der Waals surface area (Å²) in [6, 6.07) is 0. The first-order valence-corrected chi connectivity index (χ1v) is 6.12. The Hall–Kier alpha value is -0.870. The maximum Gasteiger partial charge on any atom is 0.171 e. The highest BCUT2D eigenvalue weighted by atomic mass is 35.5. The van der Waals surface area contributed by atoms with Crippen LogP contribution in [-0.2, 0) is 4.74 Å². The average Bonchev–Trinajstić information content (AvgIpc) is 2.21. The fourth-order valence-corrected chi connectivity index (χ4v) is 1.66. The number of aryl methyl sites for hydroxylation is 2. The van der Waals surface area contributed by atoms with Crippen LogP contribution in [0.4, 0.5) is 5.82 Å². The van der Waals surface area contributed by atoms with Gasteiger partial charge in [0.05, 0.1) is 17.0 Å². The molecule has 1 aromatic heterocycles. The monoisotopic (exact) mass is 257 g/mol. The van der Waals surface area contributed by atoms with E-state index in [1.165, 1.54) is 0 Å². The Labute approximate surface area is 108 Å². The molecule has 0 unspecified atom stereocenters. The number of anilines is 1. The number of ether oxygens (including phenoxy) is 1. The largest absolute Gasteiger partial charge is 0.374 e. The molecule has 0 aliphatic heterocycles. The lowest BCUT2D eigenvalue weighted by molar-refractivity contribution is 0.000639. The zero-order valence-corrected chi connectivity index (χ0v) is 11.9. The molecule has 0 aliphatic rings. The van der Waals surface area contributed by atoms with Crippen LogP contribution in [0.15, 0.2) is 0 Å². The Balaban J connectivity index is 2.73. The van der Waals surface area contributed by atoms with Crippen molar-refractivity contribution in [3.8, 4) is 0 Å². The summed E-state index contributed by atoms with van der Waals surface area (Å²) < 4.78 is 5.59. The topological polar surface area (TPSA) is 47.0 Å². The summed E-state index contributed by atoms with van der Waals surface area (Å²) in [5.41, 5.74) is 1.48. The summed E-state index contributed by atoms with van der Waals surface area (Å²) in [5.74, 6) is 0.613. The molecule has 0 amide bonds. The third-order valence-electron chi connectivity index (χ3n) is 2.48. The van der Waals surface area contributed by atoms with Crippen LogP contribution < -0.4 is 5.32 Å². The van der Waals surface area contributed by atoms with E-state index in [1.807, 2.05) is 34.6 Å². The van der Waals surface area contributed by atoms with Crippen LogP contribution >= 0.6 is 11.6 Å². The molecule has 4 nitrogen and oxygen atoms in total. The SMILES string of the molecule is CCOC(C)(C)CNc1nc(C)c(C)nc1Cl. The Morgan fingerprint density at radius 3 is 2.41 bits per heavy atom. The minimum absolute atomic E-state index is 0.251. The second-order valence-corrected chi connectivity index (χ2v) is 4.94. The first-order valence-electron chi connectivity index (χ1n) is 5.74. The summed E-state index contributed by atoms with van der Waals surface area (Å²) in [7, 11) is 0. The molecule has 0 aliphatic carbocycles. The third-order valence-corrected chi connectivity index (χ3v) is 2.74. The lowest BCUT2D eigenvalue weighted by Gasteiger charge is -2.25.